The van der Waals surface area contributed by atoms with Crippen molar-refractivity contribution in [2.75, 3.05) is 5.32 Å². The summed E-state index contributed by atoms with van der Waals surface area (Å²) in [6.07, 6.45) is 0.0719. The topological polar surface area (TPSA) is 83.6 Å². The zero-order valence-corrected chi connectivity index (χ0v) is 9.82. The molecule has 2 rings (SSSR count). The molecule has 1 heterocycles. The van der Waals surface area contributed by atoms with Crippen LogP contribution >= 0.6 is 11.6 Å². The Morgan fingerprint density at radius 3 is 3.06 bits per heavy atom. The van der Waals surface area contributed by atoms with Crippen molar-refractivity contribution in [1.82, 2.24) is 20.6 Å². The Morgan fingerprint density at radius 1 is 1.53 bits per heavy atom. The molecule has 0 saturated carbocycles. The monoisotopic (exact) mass is 251 g/mol. The molecule has 0 fully saturated rings. The lowest BCUT2D eigenvalue weighted by Crippen LogP contribution is -2.16. The van der Waals surface area contributed by atoms with Crippen LogP contribution in [0.4, 0.5) is 5.69 Å². The number of nitrogens with zero attached hydrogens (tertiary/aromatic N) is 3. The zero-order valence-electron chi connectivity index (χ0n) is 9.07. The molecule has 2 aromatic rings. The van der Waals surface area contributed by atoms with Crippen LogP contribution in [0.15, 0.2) is 18.2 Å². The average molecular weight is 252 g/mol. The molecule has 1 aromatic heterocycles. The number of anilines is 1. The number of aromatic nitrogens is 4. The maximum absolute atomic E-state index is 11.7. The smallest absolute Gasteiger partial charge is 0.232 e. The van der Waals surface area contributed by atoms with E-state index < -0.39 is 0 Å². The van der Waals surface area contributed by atoms with E-state index >= 15 is 0 Å². The molecule has 0 atom stereocenters. The second-order valence-corrected chi connectivity index (χ2v) is 3.95. The van der Waals surface area contributed by atoms with E-state index in [9.17, 15) is 4.79 Å². The number of hydrogen-bond acceptors (Lipinski definition) is 4. The number of carbonyl (C=O) groups excluding carboxylic acids is 1. The van der Waals surface area contributed by atoms with Gasteiger partial charge in [0, 0.05) is 10.7 Å². The molecule has 1 aromatic carbocycles. The van der Waals surface area contributed by atoms with Crippen molar-refractivity contribution >= 4 is 23.2 Å². The number of nitrogens with one attached hydrogen (secondary N) is 2. The summed E-state index contributed by atoms with van der Waals surface area (Å²) in [6, 6.07) is 5.31. The Labute approximate surface area is 102 Å². The molecule has 0 aliphatic rings. The zero-order chi connectivity index (χ0) is 12.3. The van der Waals surface area contributed by atoms with Crippen LogP contribution in [0.3, 0.4) is 0 Å². The average Bonchev–Trinajstić information content (AvgIpc) is 2.76. The summed E-state index contributed by atoms with van der Waals surface area (Å²) >= 11 is 5.85. The standard InChI is InChI=1S/C10H10ClN5O/c1-6-2-3-7(11)4-8(6)12-10(17)5-9-13-15-16-14-9/h2-4H,5H2,1H3,(H,12,17)(H,13,14,15,16). The third-order valence-corrected chi connectivity index (χ3v) is 2.42. The van der Waals surface area contributed by atoms with Gasteiger partial charge in [-0.25, -0.2) is 0 Å². The highest BCUT2D eigenvalue weighted by molar-refractivity contribution is 6.31. The first kappa shape index (κ1) is 11.5. The quantitative estimate of drug-likeness (QED) is 0.862. The number of carbonyl (C=O) groups is 1. The summed E-state index contributed by atoms with van der Waals surface area (Å²) in [7, 11) is 0. The van der Waals surface area contributed by atoms with Crippen molar-refractivity contribution in [2.24, 2.45) is 0 Å². The van der Waals surface area contributed by atoms with Gasteiger partial charge >= 0.3 is 0 Å². The fourth-order valence-corrected chi connectivity index (χ4v) is 1.50. The van der Waals surface area contributed by atoms with Gasteiger partial charge in [-0.2, -0.15) is 5.21 Å². The minimum absolute atomic E-state index is 0.0719. The minimum atomic E-state index is -0.211. The number of tetrazole rings is 1. The van der Waals surface area contributed by atoms with Gasteiger partial charge in [-0.1, -0.05) is 22.9 Å². The van der Waals surface area contributed by atoms with Gasteiger partial charge in [-0.05, 0) is 24.6 Å². The van der Waals surface area contributed by atoms with Crippen LogP contribution in [0.25, 0.3) is 0 Å². The third kappa shape index (κ3) is 3.01. The maximum atomic E-state index is 11.7. The van der Waals surface area contributed by atoms with Gasteiger partial charge in [-0.3, -0.25) is 4.79 Å². The summed E-state index contributed by atoms with van der Waals surface area (Å²) in [4.78, 5) is 11.7. The predicted octanol–water partition coefficient (Wildman–Crippen LogP) is 1.34. The lowest BCUT2D eigenvalue weighted by Gasteiger charge is -2.07. The van der Waals surface area contributed by atoms with Gasteiger partial charge in [0.2, 0.25) is 5.91 Å². The van der Waals surface area contributed by atoms with E-state index in [1.165, 1.54) is 0 Å². The van der Waals surface area contributed by atoms with E-state index in [0.29, 0.717) is 16.5 Å². The molecule has 88 valence electrons. The first-order chi connectivity index (χ1) is 8.15. The van der Waals surface area contributed by atoms with Crippen molar-refractivity contribution < 1.29 is 4.79 Å². The van der Waals surface area contributed by atoms with Gasteiger partial charge in [0.05, 0.1) is 6.42 Å². The first-order valence-electron chi connectivity index (χ1n) is 4.93. The highest BCUT2D eigenvalue weighted by Crippen LogP contribution is 2.20. The van der Waals surface area contributed by atoms with Crippen molar-refractivity contribution in [3.05, 3.63) is 34.6 Å². The molecule has 0 unspecified atom stereocenters. The Balaban J connectivity index is 2.05. The van der Waals surface area contributed by atoms with Crippen LogP contribution in [0, 0.1) is 6.92 Å². The van der Waals surface area contributed by atoms with Gasteiger partial charge in [0.1, 0.15) is 0 Å². The summed E-state index contributed by atoms with van der Waals surface area (Å²) in [5.74, 6) is 0.138. The Kier molecular flexibility index (Phi) is 3.34. The Bertz CT molecular complexity index is 525. The summed E-state index contributed by atoms with van der Waals surface area (Å²) in [5.41, 5.74) is 1.63. The normalized spacial score (nSPS) is 10.2. The molecule has 7 heteroatoms. The number of H-pyrrole nitrogens is 1. The van der Waals surface area contributed by atoms with E-state index in [-0.39, 0.29) is 12.3 Å². The Morgan fingerprint density at radius 2 is 2.35 bits per heavy atom. The molecule has 0 saturated heterocycles. The highest BCUT2D eigenvalue weighted by Gasteiger charge is 2.09. The molecule has 0 bridgehead atoms. The second-order valence-electron chi connectivity index (χ2n) is 3.51. The first-order valence-corrected chi connectivity index (χ1v) is 5.31. The molecule has 1 amide bonds. The minimum Gasteiger partial charge on any atom is -0.325 e. The van der Waals surface area contributed by atoms with Crippen molar-refractivity contribution in [3.63, 3.8) is 0 Å². The molecule has 2 N–H and O–H groups in total. The molecule has 0 aliphatic carbocycles. The van der Waals surface area contributed by atoms with E-state index in [4.69, 9.17) is 11.6 Å². The van der Waals surface area contributed by atoms with E-state index in [0.717, 1.165) is 5.56 Å². The molecular weight excluding hydrogens is 242 g/mol. The Hall–Kier alpha value is -1.95. The largest absolute Gasteiger partial charge is 0.325 e. The molecule has 17 heavy (non-hydrogen) atoms. The van der Waals surface area contributed by atoms with Crippen LogP contribution in [0.1, 0.15) is 11.4 Å². The fraction of sp³-hybridized carbons (Fsp3) is 0.200. The number of hydrogen-bond donors (Lipinski definition) is 2. The fourth-order valence-electron chi connectivity index (χ4n) is 1.32. The van der Waals surface area contributed by atoms with E-state index in [2.05, 4.69) is 25.9 Å². The number of aryl methyl sites for hydroxylation is 1. The van der Waals surface area contributed by atoms with Crippen LogP contribution < -0.4 is 5.32 Å². The molecule has 0 aliphatic heterocycles. The molecule has 0 radical (unpaired) electrons. The second kappa shape index (κ2) is 4.92. The number of aromatic amines is 1. The van der Waals surface area contributed by atoms with Crippen LogP contribution in [0.2, 0.25) is 5.02 Å². The van der Waals surface area contributed by atoms with Crippen molar-refractivity contribution in [1.29, 1.82) is 0 Å². The maximum Gasteiger partial charge on any atom is 0.232 e. The van der Waals surface area contributed by atoms with Crippen LogP contribution in [0.5, 0.6) is 0 Å². The number of rotatable bonds is 3. The van der Waals surface area contributed by atoms with E-state index in [1.54, 1.807) is 12.1 Å². The summed E-state index contributed by atoms with van der Waals surface area (Å²) in [5, 5.41) is 16.4. The summed E-state index contributed by atoms with van der Waals surface area (Å²) in [6.45, 7) is 1.89. The lowest BCUT2D eigenvalue weighted by atomic mass is 10.2. The van der Waals surface area contributed by atoms with Gasteiger partial charge in [-0.15, -0.1) is 10.2 Å². The van der Waals surface area contributed by atoms with E-state index in [1.807, 2.05) is 13.0 Å². The number of halogens is 1. The van der Waals surface area contributed by atoms with Gasteiger partial charge in [0.25, 0.3) is 0 Å². The molecule has 6 nitrogen and oxygen atoms in total. The lowest BCUT2D eigenvalue weighted by molar-refractivity contribution is -0.115. The SMILES string of the molecule is Cc1ccc(Cl)cc1NC(=O)Cc1nn[nH]n1. The van der Waals surface area contributed by atoms with Crippen LogP contribution in [-0.4, -0.2) is 26.5 Å². The third-order valence-electron chi connectivity index (χ3n) is 2.18. The molecular formula is C10H10ClN5O. The summed E-state index contributed by atoms with van der Waals surface area (Å²) < 4.78 is 0. The number of amides is 1. The van der Waals surface area contributed by atoms with Gasteiger partial charge < -0.3 is 5.32 Å². The number of benzene rings is 1. The van der Waals surface area contributed by atoms with Crippen LogP contribution in [-0.2, 0) is 11.2 Å². The van der Waals surface area contributed by atoms with Crippen molar-refractivity contribution in [2.45, 2.75) is 13.3 Å². The van der Waals surface area contributed by atoms with Crippen molar-refractivity contribution in [3.8, 4) is 0 Å². The van der Waals surface area contributed by atoms with Gasteiger partial charge in [0.15, 0.2) is 5.82 Å². The molecule has 0 spiro atoms. The predicted molar refractivity (Wildman–Crippen MR) is 62.7 cm³/mol. The highest BCUT2D eigenvalue weighted by atomic mass is 35.5.